The molecule has 1 aromatic heterocycles. The minimum Gasteiger partial charge on any atom is -0.450 e. The second kappa shape index (κ2) is 9.37. The van der Waals surface area contributed by atoms with Gasteiger partial charge in [0.15, 0.2) is 0 Å². The van der Waals surface area contributed by atoms with Crippen molar-refractivity contribution in [3.05, 3.63) is 65.9 Å². The second-order valence-electron chi connectivity index (χ2n) is 6.36. The topological polar surface area (TPSA) is 131 Å². The molecule has 1 heterocycles. The van der Waals surface area contributed by atoms with Crippen molar-refractivity contribution >= 4 is 40.8 Å². The van der Waals surface area contributed by atoms with Crippen molar-refractivity contribution in [2.24, 2.45) is 5.73 Å². The van der Waals surface area contributed by atoms with Crippen molar-refractivity contribution in [2.45, 2.75) is 13.8 Å². The highest BCUT2D eigenvalue weighted by Gasteiger charge is 2.13. The Bertz CT molecular complexity index is 1050. The molecule has 154 valence electrons. The first-order valence-electron chi connectivity index (χ1n) is 9.26. The van der Waals surface area contributed by atoms with Gasteiger partial charge in [-0.15, -0.1) is 0 Å². The normalized spacial score (nSPS) is 10.2. The molecule has 9 heteroatoms. The molecule has 5 N–H and O–H groups in total. The fourth-order valence-corrected chi connectivity index (χ4v) is 2.63. The summed E-state index contributed by atoms with van der Waals surface area (Å²) in [7, 11) is 0. The predicted molar refractivity (Wildman–Crippen MR) is 115 cm³/mol. The van der Waals surface area contributed by atoms with Crippen molar-refractivity contribution in [1.82, 2.24) is 9.97 Å². The number of amides is 2. The van der Waals surface area contributed by atoms with Crippen LogP contribution in [0, 0.1) is 6.92 Å². The van der Waals surface area contributed by atoms with E-state index in [2.05, 4.69) is 25.9 Å². The van der Waals surface area contributed by atoms with Gasteiger partial charge in [0.05, 0.1) is 6.61 Å². The molecule has 3 rings (SSSR count). The van der Waals surface area contributed by atoms with Gasteiger partial charge >= 0.3 is 6.09 Å². The molecule has 0 aliphatic heterocycles. The lowest BCUT2D eigenvalue weighted by molar-refractivity contribution is 0.100. The van der Waals surface area contributed by atoms with E-state index in [1.807, 2.05) is 31.2 Å². The molecule has 0 aliphatic rings. The molecule has 2 aromatic carbocycles. The van der Waals surface area contributed by atoms with Gasteiger partial charge < -0.3 is 21.1 Å². The van der Waals surface area contributed by atoms with Crippen LogP contribution in [0.15, 0.2) is 54.7 Å². The molecule has 0 saturated heterocycles. The largest absolute Gasteiger partial charge is 0.450 e. The quantitative estimate of drug-likeness (QED) is 0.467. The molecule has 0 bridgehead atoms. The maximum Gasteiger partial charge on any atom is 0.411 e. The zero-order valence-electron chi connectivity index (χ0n) is 16.6. The first kappa shape index (κ1) is 20.6. The maximum absolute atomic E-state index is 11.8. The molecule has 0 spiro atoms. The standard InChI is InChI=1S/C21H22N6O3/c1-3-30-21(29)26-15-9-7-14(8-10-15)25-20-23-12-17(18(22)28)19(27-20)24-16-6-4-5-13(2)11-16/h4-12H,3H2,1-2H3,(H2,22,28)(H,26,29)(H2,23,24,25,27). The van der Waals surface area contributed by atoms with Gasteiger partial charge in [-0.3, -0.25) is 10.1 Å². The molecular weight excluding hydrogens is 384 g/mol. The molecule has 9 nitrogen and oxygen atoms in total. The van der Waals surface area contributed by atoms with Crippen LogP contribution in [0.5, 0.6) is 0 Å². The number of carbonyl (C=O) groups excluding carboxylic acids is 2. The molecule has 0 radical (unpaired) electrons. The van der Waals surface area contributed by atoms with Crippen LogP contribution in [0.25, 0.3) is 0 Å². The molecule has 0 aliphatic carbocycles. The summed E-state index contributed by atoms with van der Waals surface area (Å²) >= 11 is 0. The number of hydrogen-bond donors (Lipinski definition) is 4. The van der Waals surface area contributed by atoms with Crippen LogP contribution in [0.4, 0.5) is 33.6 Å². The summed E-state index contributed by atoms with van der Waals surface area (Å²) in [5.41, 5.74) is 8.75. The Labute approximate surface area is 173 Å². The number of benzene rings is 2. The fraction of sp³-hybridized carbons (Fsp3) is 0.143. The van der Waals surface area contributed by atoms with E-state index in [1.165, 1.54) is 6.20 Å². The molecule has 30 heavy (non-hydrogen) atoms. The van der Waals surface area contributed by atoms with E-state index < -0.39 is 12.0 Å². The molecule has 0 atom stereocenters. The third-order valence-corrected chi connectivity index (χ3v) is 4.00. The van der Waals surface area contributed by atoms with Crippen LogP contribution in [-0.2, 0) is 4.74 Å². The average Bonchev–Trinajstić information content (AvgIpc) is 2.70. The monoisotopic (exact) mass is 406 g/mol. The number of primary amides is 1. The molecule has 0 saturated carbocycles. The summed E-state index contributed by atoms with van der Waals surface area (Å²) in [4.78, 5) is 31.8. The van der Waals surface area contributed by atoms with Crippen LogP contribution in [0.3, 0.4) is 0 Å². The van der Waals surface area contributed by atoms with Gasteiger partial charge in [-0.2, -0.15) is 4.98 Å². The number of ether oxygens (including phenoxy) is 1. The summed E-state index contributed by atoms with van der Waals surface area (Å²) in [6, 6.07) is 14.6. The number of carbonyl (C=O) groups is 2. The fourth-order valence-electron chi connectivity index (χ4n) is 2.63. The molecule has 2 amide bonds. The SMILES string of the molecule is CCOC(=O)Nc1ccc(Nc2ncc(C(N)=O)c(Nc3cccc(C)c3)n2)cc1. The highest BCUT2D eigenvalue weighted by molar-refractivity contribution is 5.98. The van der Waals surface area contributed by atoms with Crippen LogP contribution >= 0.6 is 0 Å². The molecule has 3 aromatic rings. The summed E-state index contributed by atoms with van der Waals surface area (Å²) in [6.07, 6.45) is 0.849. The first-order chi connectivity index (χ1) is 14.4. The van der Waals surface area contributed by atoms with Gasteiger partial charge in [0.1, 0.15) is 11.4 Å². The van der Waals surface area contributed by atoms with Gasteiger partial charge in [-0.1, -0.05) is 12.1 Å². The highest BCUT2D eigenvalue weighted by Crippen LogP contribution is 2.22. The Morgan fingerprint density at radius 2 is 1.77 bits per heavy atom. The van der Waals surface area contributed by atoms with Crippen LogP contribution in [-0.4, -0.2) is 28.6 Å². The number of aromatic nitrogens is 2. The average molecular weight is 406 g/mol. The summed E-state index contributed by atoms with van der Waals surface area (Å²) in [5.74, 6) is -0.0569. The van der Waals surface area contributed by atoms with E-state index in [4.69, 9.17) is 10.5 Å². The lowest BCUT2D eigenvalue weighted by Gasteiger charge is -2.12. The second-order valence-corrected chi connectivity index (χ2v) is 6.36. The molecule has 0 unspecified atom stereocenters. The predicted octanol–water partition coefficient (Wildman–Crippen LogP) is 3.94. The summed E-state index contributed by atoms with van der Waals surface area (Å²) < 4.78 is 4.84. The van der Waals surface area contributed by atoms with Crippen molar-refractivity contribution in [3.8, 4) is 0 Å². The summed E-state index contributed by atoms with van der Waals surface area (Å²) in [6.45, 7) is 3.99. The van der Waals surface area contributed by atoms with Crippen molar-refractivity contribution in [2.75, 3.05) is 22.6 Å². The van der Waals surface area contributed by atoms with E-state index in [0.29, 0.717) is 23.8 Å². The minimum atomic E-state index is -0.633. The van der Waals surface area contributed by atoms with Crippen LogP contribution in [0.2, 0.25) is 0 Å². The van der Waals surface area contributed by atoms with Gasteiger partial charge in [-0.05, 0) is 55.8 Å². The Kier molecular flexibility index (Phi) is 6.43. The number of rotatable bonds is 7. The number of aryl methyl sites for hydroxylation is 1. The third-order valence-electron chi connectivity index (χ3n) is 4.00. The lowest BCUT2D eigenvalue weighted by Crippen LogP contribution is -2.15. The van der Waals surface area contributed by atoms with Crippen molar-refractivity contribution < 1.29 is 14.3 Å². The zero-order chi connectivity index (χ0) is 21.5. The summed E-state index contributed by atoms with van der Waals surface area (Å²) in [5, 5.41) is 8.78. The third kappa shape index (κ3) is 5.44. The lowest BCUT2D eigenvalue weighted by atomic mass is 10.2. The van der Waals surface area contributed by atoms with Crippen LogP contribution in [0.1, 0.15) is 22.8 Å². The minimum absolute atomic E-state index is 0.177. The van der Waals surface area contributed by atoms with E-state index in [1.54, 1.807) is 31.2 Å². The molecule has 0 fully saturated rings. The number of hydrogen-bond acceptors (Lipinski definition) is 7. The van der Waals surface area contributed by atoms with Gasteiger partial charge in [0.25, 0.3) is 5.91 Å². The zero-order valence-corrected chi connectivity index (χ0v) is 16.6. The van der Waals surface area contributed by atoms with Gasteiger partial charge in [0.2, 0.25) is 5.95 Å². The van der Waals surface area contributed by atoms with Crippen molar-refractivity contribution in [1.29, 1.82) is 0 Å². The first-order valence-corrected chi connectivity index (χ1v) is 9.26. The number of nitrogens with zero attached hydrogens (tertiary/aromatic N) is 2. The van der Waals surface area contributed by atoms with E-state index >= 15 is 0 Å². The molecular formula is C21H22N6O3. The Hall–Kier alpha value is -4.14. The maximum atomic E-state index is 11.8. The smallest absolute Gasteiger partial charge is 0.411 e. The number of anilines is 5. The Balaban J connectivity index is 1.77. The van der Waals surface area contributed by atoms with E-state index in [0.717, 1.165) is 11.3 Å². The van der Waals surface area contributed by atoms with Crippen molar-refractivity contribution in [3.63, 3.8) is 0 Å². The number of nitrogens with one attached hydrogen (secondary N) is 3. The van der Waals surface area contributed by atoms with E-state index in [-0.39, 0.29) is 11.5 Å². The highest BCUT2D eigenvalue weighted by atomic mass is 16.5. The number of nitrogens with two attached hydrogens (primary N) is 1. The van der Waals surface area contributed by atoms with E-state index in [9.17, 15) is 9.59 Å². The Morgan fingerprint density at radius 1 is 1.03 bits per heavy atom. The van der Waals surface area contributed by atoms with Crippen LogP contribution < -0.4 is 21.7 Å². The van der Waals surface area contributed by atoms with Gasteiger partial charge in [-0.25, -0.2) is 9.78 Å². The Morgan fingerprint density at radius 3 is 2.43 bits per heavy atom. The van der Waals surface area contributed by atoms with Gasteiger partial charge in [0, 0.05) is 23.3 Å².